The lowest BCUT2D eigenvalue weighted by Gasteiger charge is -2.14. The third kappa shape index (κ3) is 4.39. The smallest absolute Gasteiger partial charge is 0.518 e. The van der Waals surface area contributed by atoms with Crippen LogP contribution in [0.5, 0.6) is 5.75 Å². The van der Waals surface area contributed by atoms with Crippen LogP contribution in [0.1, 0.15) is 5.56 Å². The molecule has 0 fully saturated rings. The maximum atomic E-state index is 12.3. The Morgan fingerprint density at radius 2 is 1.96 bits per heavy atom. The van der Waals surface area contributed by atoms with Gasteiger partial charge in [0.2, 0.25) is 0 Å². The summed E-state index contributed by atoms with van der Waals surface area (Å²) in [4.78, 5) is 11.2. The molecule has 0 aliphatic carbocycles. The second-order valence-electron chi connectivity index (χ2n) is 5.01. The van der Waals surface area contributed by atoms with E-state index in [1.54, 1.807) is 18.2 Å². The minimum absolute atomic E-state index is 0.127. The van der Waals surface area contributed by atoms with E-state index in [9.17, 15) is 31.5 Å². The van der Waals surface area contributed by atoms with Gasteiger partial charge in [0.25, 0.3) is 0 Å². The molecule has 0 radical (unpaired) electrons. The lowest BCUT2D eigenvalue weighted by molar-refractivity contribution is -0.217. The summed E-state index contributed by atoms with van der Waals surface area (Å²) in [5.74, 6) is -2.06. The lowest BCUT2D eigenvalue weighted by Crippen LogP contribution is -2.27. The Labute approximate surface area is 146 Å². The van der Waals surface area contributed by atoms with E-state index in [4.69, 9.17) is 4.74 Å². The molecule has 0 N–H and O–H groups in total. The molecule has 26 heavy (non-hydrogen) atoms. The number of alkyl halides is 3. The Balaban J connectivity index is 2.41. The van der Waals surface area contributed by atoms with Crippen LogP contribution in [-0.4, -0.2) is 25.8 Å². The Morgan fingerprint density at radius 1 is 1.27 bits per heavy atom. The monoisotopic (exact) mass is 386 g/mol. The van der Waals surface area contributed by atoms with Gasteiger partial charge in [-0.15, -0.1) is 0 Å². The van der Waals surface area contributed by atoms with Crippen molar-refractivity contribution in [1.29, 1.82) is 0 Å². The number of hydrogen-bond acceptors (Lipinski definition) is 5. The molecule has 2 rings (SSSR count). The maximum Gasteiger partial charge on any atom is 0.518 e. The number of carbonyl (C=O) groups excluding carboxylic acids is 1. The van der Waals surface area contributed by atoms with Crippen LogP contribution in [0.3, 0.4) is 0 Å². The molecule has 0 saturated heterocycles. The van der Waals surface area contributed by atoms with Crippen molar-refractivity contribution < 1.29 is 36.2 Å². The van der Waals surface area contributed by atoms with E-state index in [0.29, 0.717) is 10.8 Å². The summed E-state index contributed by atoms with van der Waals surface area (Å²) in [5.41, 5.74) is -5.42. The van der Waals surface area contributed by atoms with Crippen molar-refractivity contribution in [2.45, 2.75) is 11.9 Å². The molecule has 2 aromatic carbocycles. The van der Waals surface area contributed by atoms with Crippen LogP contribution in [0, 0.1) is 0 Å². The number of esters is 1. The number of rotatable bonds is 5. The van der Waals surface area contributed by atoms with Crippen LogP contribution in [-0.2, 0) is 21.2 Å². The zero-order chi connectivity index (χ0) is 19.5. The molecule has 6 nitrogen and oxygen atoms in total. The first-order valence-electron chi connectivity index (χ1n) is 6.96. The van der Waals surface area contributed by atoms with Crippen molar-refractivity contribution in [2.75, 3.05) is 0 Å². The van der Waals surface area contributed by atoms with Crippen LogP contribution < -0.4 is 9.84 Å². The third-order valence-electron chi connectivity index (χ3n) is 3.19. The van der Waals surface area contributed by atoms with Gasteiger partial charge in [0, 0.05) is 12.5 Å². The number of sulfonamides is 1. The standard InChI is InChI=1S/C16H12F3NO5S/c1-2-15(22)25-12-7-6-10-4-3-5-11(13(10)9-12)8-14(21)20-26(23,24)16(17,18)19/h2-7,9H,1,8H2,(H,20,21)/p-1. The first kappa shape index (κ1) is 19.4. The van der Waals surface area contributed by atoms with E-state index >= 15 is 0 Å². The minimum Gasteiger partial charge on any atom is -0.861 e. The molecular weight excluding hydrogens is 375 g/mol. The van der Waals surface area contributed by atoms with E-state index in [2.05, 4.69) is 11.0 Å². The molecule has 10 heteroatoms. The second-order valence-corrected chi connectivity index (χ2v) is 6.60. The maximum absolute atomic E-state index is 12.3. The predicted molar refractivity (Wildman–Crippen MR) is 85.9 cm³/mol. The van der Waals surface area contributed by atoms with Gasteiger partial charge in [-0.3, -0.25) is 0 Å². The molecule has 2 aromatic rings. The van der Waals surface area contributed by atoms with Crippen LogP contribution in [0.25, 0.3) is 10.8 Å². The number of carbonyl (C=O) groups is 1. The van der Waals surface area contributed by atoms with Crippen LogP contribution in [0.15, 0.2) is 53.5 Å². The van der Waals surface area contributed by atoms with Gasteiger partial charge in [-0.05, 0) is 34.4 Å². The highest BCUT2D eigenvalue weighted by atomic mass is 32.2. The Bertz CT molecular complexity index is 997. The first-order valence-corrected chi connectivity index (χ1v) is 8.40. The SMILES string of the molecule is C=CC(=O)Oc1ccc2cccc(CC([O-])=NS(=O)(=O)C(F)(F)F)c2c1. The van der Waals surface area contributed by atoms with Crippen LogP contribution >= 0.6 is 0 Å². The average Bonchev–Trinajstić information content (AvgIpc) is 2.53. The van der Waals surface area contributed by atoms with E-state index < -0.39 is 33.8 Å². The van der Waals surface area contributed by atoms with E-state index in [1.165, 1.54) is 18.2 Å². The van der Waals surface area contributed by atoms with Crippen LogP contribution in [0.4, 0.5) is 13.2 Å². The van der Waals surface area contributed by atoms with Gasteiger partial charge in [-0.2, -0.15) is 26.0 Å². The molecule has 0 aliphatic rings. The van der Waals surface area contributed by atoms with Crippen molar-refractivity contribution >= 4 is 32.7 Å². The topological polar surface area (TPSA) is 95.9 Å². The van der Waals surface area contributed by atoms with Gasteiger partial charge in [-0.1, -0.05) is 30.8 Å². The summed E-state index contributed by atoms with van der Waals surface area (Å²) in [6.45, 7) is 3.25. The number of fused-ring (bicyclic) bond motifs is 1. The summed E-state index contributed by atoms with van der Waals surface area (Å²) in [5, 5.41) is 12.7. The summed E-state index contributed by atoms with van der Waals surface area (Å²) < 4.78 is 66.0. The molecule has 138 valence electrons. The molecule has 0 amide bonds. The normalized spacial score (nSPS) is 12.8. The molecular formula is C16H11F3NO5S-. The molecule has 0 unspecified atom stereocenters. The fourth-order valence-electron chi connectivity index (χ4n) is 2.07. The molecule has 0 bridgehead atoms. The van der Waals surface area contributed by atoms with Gasteiger partial charge in [0.1, 0.15) is 5.75 Å². The number of ether oxygens (including phenoxy) is 1. The summed E-state index contributed by atoms with van der Waals surface area (Å²) in [6, 6.07) is 9.07. The minimum atomic E-state index is -5.90. The van der Waals surface area contributed by atoms with Gasteiger partial charge >= 0.3 is 21.5 Å². The van der Waals surface area contributed by atoms with Crippen molar-refractivity contribution in [3.63, 3.8) is 0 Å². The zero-order valence-electron chi connectivity index (χ0n) is 13.0. The van der Waals surface area contributed by atoms with Crippen LogP contribution in [0.2, 0.25) is 0 Å². The summed E-state index contributed by atoms with van der Waals surface area (Å²) >= 11 is 0. The number of benzene rings is 2. The highest BCUT2D eigenvalue weighted by molar-refractivity contribution is 7.91. The highest BCUT2D eigenvalue weighted by Crippen LogP contribution is 2.26. The van der Waals surface area contributed by atoms with Gasteiger partial charge in [0.15, 0.2) is 0 Å². The lowest BCUT2D eigenvalue weighted by atomic mass is 10.0. The summed E-state index contributed by atoms with van der Waals surface area (Å²) in [7, 11) is -5.90. The molecule has 0 heterocycles. The highest BCUT2D eigenvalue weighted by Gasteiger charge is 2.45. The Hall–Kier alpha value is -2.88. The van der Waals surface area contributed by atoms with Crippen molar-refractivity contribution in [3.8, 4) is 5.75 Å². The third-order valence-corrected chi connectivity index (χ3v) is 4.21. The van der Waals surface area contributed by atoms with Crippen molar-refractivity contribution in [3.05, 3.63) is 54.6 Å². The van der Waals surface area contributed by atoms with Gasteiger partial charge in [0.05, 0.1) is 0 Å². The average molecular weight is 386 g/mol. The Morgan fingerprint density at radius 3 is 2.58 bits per heavy atom. The Kier molecular flexibility index (Phi) is 5.36. The number of nitrogens with zero attached hydrogens (tertiary/aromatic N) is 1. The van der Waals surface area contributed by atoms with Gasteiger partial charge < -0.3 is 9.84 Å². The largest absolute Gasteiger partial charge is 0.861 e. The first-order chi connectivity index (χ1) is 12.0. The quantitative estimate of drug-likeness (QED) is 0.258. The fraction of sp³-hybridized carbons (Fsp3) is 0.125. The second kappa shape index (κ2) is 7.16. The number of hydrogen-bond donors (Lipinski definition) is 0. The molecule has 0 saturated carbocycles. The van der Waals surface area contributed by atoms with Crippen molar-refractivity contribution in [2.24, 2.45) is 4.40 Å². The fourth-order valence-corrected chi connectivity index (χ4v) is 2.51. The summed E-state index contributed by atoms with van der Waals surface area (Å²) in [6.07, 6.45) is 0.270. The van der Waals surface area contributed by atoms with Crippen molar-refractivity contribution in [1.82, 2.24) is 0 Å². The van der Waals surface area contributed by atoms with E-state index in [-0.39, 0.29) is 11.3 Å². The van der Waals surface area contributed by atoms with E-state index in [1.807, 2.05) is 0 Å². The molecule has 0 aromatic heterocycles. The van der Waals surface area contributed by atoms with Gasteiger partial charge in [-0.25, -0.2) is 4.79 Å². The zero-order valence-corrected chi connectivity index (χ0v) is 13.8. The van der Waals surface area contributed by atoms with E-state index in [0.717, 1.165) is 6.08 Å². The predicted octanol–water partition coefficient (Wildman–Crippen LogP) is 2.08. The number of halogens is 3. The molecule has 0 aliphatic heterocycles. The molecule has 0 spiro atoms. The molecule has 0 atom stereocenters.